The van der Waals surface area contributed by atoms with E-state index in [4.69, 9.17) is 9.15 Å². The summed E-state index contributed by atoms with van der Waals surface area (Å²) in [6.45, 7) is 6.39. The van der Waals surface area contributed by atoms with Gasteiger partial charge in [0, 0.05) is 31.9 Å². The van der Waals surface area contributed by atoms with Gasteiger partial charge in [0.15, 0.2) is 5.96 Å². The maximum Gasteiger partial charge on any atom is 0.218 e. The first-order chi connectivity index (χ1) is 14.3. The van der Waals surface area contributed by atoms with Crippen LogP contribution < -0.4 is 15.4 Å². The van der Waals surface area contributed by atoms with E-state index in [1.165, 1.54) is 12.8 Å². The van der Waals surface area contributed by atoms with Gasteiger partial charge < -0.3 is 19.8 Å². The number of aliphatic imine (C=N–C) groups is 1. The first-order valence-electron chi connectivity index (χ1n) is 10.6. The second-order valence-corrected chi connectivity index (χ2v) is 7.25. The van der Waals surface area contributed by atoms with Crippen molar-refractivity contribution >= 4 is 5.96 Å². The molecule has 1 aliphatic rings. The number of rotatable bonds is 10. The number of hydrogen-bond donors (Lipinski definition) is 2. The first kappa shape index (κ1) is 21.2. The Morgan fingerprint density at radius 3 is 2.86 bits per heavy atom. The van der Waals surface area contributed by atoms with Crippen molar-refractivity contribution in [2.24, 2.45) is 4.99 Å². The van der Waals surface area contributed by atoms with Crippen LogP contribution in [0.4, 0.5) is 0 Å². The highest BCUT2D eigenvalue weighted by atomic mass is 16.5. The van der Waals surface area contributed by atoms with Gasteiger partial charge in [-0.15, -0.1) is 0 Å². The number of guanidine groups is 1. The van der Waals surface area contributed by atoms with Crippen LogP contribution in [-0.4, -0.2) is 49.1 Å². The fraction of sp³-hybridized carbons (Fsp3) is 0.545. The zero-order valence-electron chi connectivity index (χ0n) is 17.6. The summed E-state index contributed by atoms with van der Waals surface area (Å²) >= 11 is 0. The number of nitrogens with one attached hydrogen (secondary N) is 2. The predicted octanol–water partition coefficient (Wildman–Crippen LogP) is 3.36. The molecule has 0 amide bonds. The molecule has 7 nitrogen and oxygen atoms in total. The van der Waals surface area contributed by atoms with E-state index in [0.29, 0.717) is 19.0 Å². The van der Waals surface area contributed by atoms with Crippen LogP contribution in [-0.2, 0) is 6.54 Å². The van der Waals surface area contributed by atoms with Crippen LogP contribution in [0, 0.1) is 0 Å². The zero-order valence-corrected chi connectivity index (χ0v) is 17.6. The highest BCUT2D eigenvalue weighted by Crippen LogP contribution is 2.24. The van der Waals surface area contributed by atoms with E-state index in [2.05, 4.69) is 38.5 Å². The van der Waals surface area contributed by atoms with Crippen molar-refractivity contribution < 1.29 is 9.15 Å². The summed E-state index contributed by atoms with van der Waals surface area (Å²) in [5.41, 5.74) is 1.02. The molecule has 0 saturated carbocycles. The number of aromatic nitrogens is 1. The van der Waals surface area contributed by atoms with Crippen LogP contribution in [0.2, 0.25) is 0 Å². The van der Waals surface area contributed by atoms with Gasteiger partial charge in [-0.2, -0.15) is 0 Å². The van der Waals surface area contributed by atoms with Gasteiger partial charge in [-0.1, -0.05) is 19.4 Å². The number of hydrogen-bond acceptors (Lipinski definition) is 5. The fourth-order valence-corrected chi connectivity index (χ4v) is 3.54. The number of furan rings is 1. The molecule has 3 heterocycles. The quantitative estimate of drug-likeness (QED) is 0.363. The summed E-state index contributed by atoms with van der Waals surface area (Å²) in [4.78, 5) is 11.2. The average molecular weight is 400 g/mol. The molecular formula is C22H33N5O2. The number of nitrogens with zero attached hydrogens (tertiary/aromatic N) is 3. The summed E-state index contributed by atoms with van der Waals surface area (Å²) in [5.74, 6) is 2.44. The third-order valence-electron chi connectivity index (χ3n) is 5.17. The lowest BCUT2D eigenvalue weighted by Crippen LogP contribution is -2.42. The third kappa shape index (κ3) is 6.22. The molecule has 1 atom stereocenters. The molecule has 0 aromatic carbocycles. The highest BCUT2D eigenvalue weighted by molar-refractivity contribution is 5.79. The van der Waals surface area contributed by atoms with Gasteiger partial charge in [-0.3, -0.25) is 9.89 Å². The SMILES string of the molecule is CCCCOc1ncccc1CNC(=NC)NCC(c1ccco1)N1CCCC1. The summed E-state index contributed by atoms with van der Waals surface area (Å²) in [6, 6.07) is 8.17. The number of likely N-dealkylation sites (tertiary alicyclic amines) is 1. The molecule has 1 fully saturated rings. The molecule has 0 spiro atoms. The Bertz CT molecular complexity index is 741. The number of pyridine rings is 1. The largest absolute Gasteiger partial charge is 0.477 e. The molecular weight excluding hydrogens is 366 g/mol. The van der Waals surface area contributed by atoms with E-state index < -0.39 is 0 Å². The number of ether oxygens (including phenoxy) is 1. The van der Waals surface area contributed by atoms with Gasteiger partial charge in [-0.05, 0) is 50.6 Å². The summed E-state index contributed by atoms with van der Waals surface area (Å²) in [7, 11) is 1.79. The lowest BCUT2D eigenvalue weighted by molar-refractivity contribution is 0.215. The van der Waals surface area contributed by atoms with Gasteiger partial charge in [-0.25, -0.2) is 4.98 Å². The van der Waals surface area contributed by atoms with E-state index in [9.17, 15) is 0 Å². The third-order valence-corrected chi connectivity index (χ3v) is 5.17. The van der Waals surface area contributed by atoms with E-state index in [1.807, 2.05) is 18.2 Å². The molecule has 158 valence electrons. The molecule has 29 heavy (non-hydrogen) atoms. The van der Waals surface area contributed by atoms with Crippen molar-refractivity contribution in [2.75, 3.05) is 33.3 Å². The molecule has 0 aliphatic carbocycles. The van der Waals surface area contributed by atoms with Crippen molar-refractivity contribution in [3.8, 4) is 5.88 Å². The smallest absolute Gasteiger partial charge is 0.218 e. The highest BCUT2D eigenvalue weighted by Gasteiger charge is 2.25. The van der Waals surface area contributed by atoms with Gasteiger partial charge >= 0.3 is 0 Å². The Kier molecular flexibility index (Phi) is 8.37. The van der Waals surface area contributed by atoms with Crippen molar-refractivity contribution in [3.05, 3.63) is 48.0 Å². The lowest BCUT2D eigenvalue weighted by Gasteiger charge is -2.26. The summed E-state index contributed by atoms with van der Waals surface area (Å²) in [5, 5.41) is 6.83. The second kappa shape index (κ2) is 11.5. The summed E-state index contributed by atoms with van der Waals surface area (Å²) in [6.07, 6.45) is 8.12. The normalized spacial score (nSPS) is 16.0. The van der Waals surface area contributed by atoms with E-state index in [-0.39, 0.29) is 6.04 Å². The Morgan fingerprint density at radius 1 is 1.28 bits per heavy atom. The van der Waals surface area contributed by atoms with E-state index >= 15 is 0 Å². The van der Waals surface area contributed by atoms with Gasteiger partial charge in [0.05, 0.1) is 18.9 Å². The number of unbranched alkanes of at least 4 members (excludes halogenated alkanes) is 1. The topological polar surface area (TPSA) is 74.9 Å². The monoisotopic (exact) mass is 399 g/mol. The minimum Gasteiger partial charge on any atom is -0.477 e. The molecule has 3 rings (SSSR count). The zero-order chi connectivity index (χ0) is 20.3. The van der Waals surface area contributed by atoms with Gasteiger partial charge in [0.2, 0.25) is 5.88 Å². The standard InChI is InChI=1S/C22H33N5O2/c1-3-4-14-29-21-18(9-7-11-24-21)16-25-22(23-2)26-17-19(20-10-8-15-28-20)27-12-5-6-13-27/h7-11,15,19H,3-6,12-14,16-17H2,1-2H3,(H2,23,25,26). The van der Waals surface area contributed by atoms with Gasteiger partial charge in [0.1, 0.15) is 5.76 Å². The van der Waals surface area contributed by atoms with Crippen molar-refractivity contribution in [2.45, 2.75) is 45.2 Å². The average Bonchev–Trinajstić information content (AvgIpc) is 3.46. The maximum atomic E-state index is 5.83. The first-order valence-corrected chi connectivity index (χ1v) is 10.6. The van der Waals surface area contributed by atoms with Crippen LogP contribution in [0.25, 0.3) is 0 Å². The minimum absolute atomic E-state index is 0.206. The maximum absolute atomic E-state index is 5.83. The molecule has 2 aromatic rings. The Labute approximate surface area is 173 Å². The van der Waals surface area contributed by atoms with Crippen LogP contribution in [0.15, 0.2) is 46.1 Å². The lowest BCUT2D eigenvalue weighted by atomic mass is 10.2. The van der Waals surface area contributed by atoms with Crippen molar-refractivity contribution in [3.63, 3.8) is 0 Å². The molecule has 0 bridgehead atoms. The van der Waals surface area contributed by atoms with Crippen LogP contribution in [0.5, 0.6) is 5.88 Å². The fourth-order valence-electron chi connectivity index (χ4n) is 3.54. The Balaban J connectivity index is 1.55. The second-order valence-electron chi connectivity index (χ2n) is 7.25. The van der Waals surface area contributed by atoms with Crippen molar-refractivity contribution in [1.29, 1.82) is 0 Å². The Hall–Kier alpha value is -2.54. The molecule has 2 N–H and O–H groups in total. The molecule has 1 aliphatic heterocycles. The van der Waals surface area contributed by atoms with Crippen molar-refractivity contribution in [1.82, 2.24) is 20.5 Å². The molecule has 1 unspecified atom stereocenters. The minimum atomic E-state index is 0.206. The van der Waals surface area contributed by atoms with E-state index in [0.717, 1.165) is 49.8 Å². The molecule has 1 saturated heterocycles. The Morgan fingerprint density at radius 2 is 2.14 bits per heavy atom. The van der Waals surface area contributed by atoms with Crippen LogP contribution >= 0.6 is 0 Å². The van der Waals surface area contributed by atoms with Crippen LogP contribution in [0.1, 0.15) is 50.0 Å². The molecule has 0 radical (unpaired) electrons. The molecule has 2 aromatic heterocycles. The summed E-state index contributed by atoms with van der Waals surface area (Å²) < 4.78 is 11.5. The van der Waals surface area contributed by atoms with E-state index in [1.54, 1.807) is 19.5 Å². The van der Waals surface area contributed by atoms with Gasteiger partial charge in [0.25, 0.3) is 0 Å². The predicted molar refractivity (Wildman–Crippen MR) is 115 cm³/mol. The van der Waals surface area contributed by atoms with Crippen LogP contribution in [0.3, 0.4) is 0 Å². The molecule has 7 heteroatoms.